The Balaban J connectivity index is 1.81. The largest absolute Gasteiger partial charge is 0.490 e. The van der Waals surface area contributed by atoms with Crippen molar-refractivity contribution in [1.29, 1.82) is 0 Å². The van der Waals surface area contributed by atoms with Gasteiger partial charge >= 0.3 is 0 Å². The van der Waals surface area contributed by atoms with Gasteiger partial charge in [-0.2, -0.15) is 0 Å². The molecule has 0 spiro atoms. The molecule has 1 aromatic carbocycles. The minimum atomic E-state index is -0.313. The molecule has 140 valence electrons. The molecule has 0 bridgehead atoms. The lowest BCUT2D eigenvalue weighted by Crippen LogP contribution is -2.39. The second-order valence-corrected chi connectivity index (χ2v) is 6.36. The molecular weight excluding hydrogens is 321 g/mol. The molecule has 1 aromatic rings. The van der Waals surface area contributed by atoms with Crippen molar-refractivity contribution < 1.29 is 13.9 Å². The van der Waals surface area contributed by atoms with Gasteiger partial charge in [0.05, 0.1) is 12.6 Å². The Morgan fingerprint density at radius 2 is 2.20 bits per heavy atom. The molecule has 1 saturated carbocycles. The van der Waals surface area contributed by atoms with E-state index < -0.39 is 0 Å². The highest BCUT2D eigenvalue weighted by atomic mass is 19.1. The zero-order valence-electron chi connectivity index (χ0n) is 15.5. The van der Waals surface area contributed by atoms with E-state index in [1.54, 1.807) is 13.1 Å². The van der Waals surface area contributed by atoms with E-state index in [0.29, 0.717) is 24.2 Å². The maximum absolute atomic E-state index is 14.2. The quantitative estimate of drug-likeness (QED) is 0.386. The van der Waals surface area contributed by atoms with Crippen molar-refractivity contribution in [3.8, 4) is 5.75 Å². The molecule has 0 heterocycles. The van der Waals surface area contributed by atoms with Crippen LogP contribution in [0.15, 0.2) is 23.2 Å². The fourth-order valence-electron chi connectivity index (χ4n) is 2.40. The summed E-state index contributed by atoms with van der Waals surface area (Å²) in [5, 5.41) is 6.51. The molecule has 1 aliphatic carbocycles. The van der Waals surface area contributed by atoms with Gasteiger partial charge in [0.2, 0.25) is 0 Å². The number of nitrogens with one attached hydrogen (secondary N) is 2. The van der Waals surface area contributed by atoms with E-state index in [9.17, 15) is 4.39 Å². The van der Waals surface area contributed by atoms with Crippen LogP contribution in [0.1, 0.15) is 44.7 Å². The van der Waals surface area contributed by atoms with Gasteiger partial charge in [0.25, 0.3) is 0 Å². The van der Waals surface area contributed by atoms with Crippen LogP contribution in [0.2, 0.25) is 0 Å². The average Bonchev–Trinajstić information content (AvgIpc) is 3.43. The third-order valence-corrected chi connectivity index (χ3v) is 4.17. The molecule has 2 rings (SSSR count). The lowest BCUT2D eigenvalue weighted by Gasteiger charge is -2.19. The van der Waals surface area contributed by atoms with Crippen molar-refractivity contribution in [3.63, 3.8) is 0 Å². The maximum Gasteiger partial charge on any atom is 0.191 e. The molecule has 1 unspecified atom stereocenters. The fraction of sp³-hybridized carbons (Fsp3) is 0.632. The number of benzene rings is 1. The molecule has 1 aliphatic rings. The maximum atomic E-state index is 14.2. The third kappa shape index (κ3) is 6.90. The number of aliphatic imine (C=N–C) groups is 1. The van der Waals surface area contributed by atoms with Gasteiger partial charge in [-0.25, -0.2) is 4.39 Å². The summed E-state index contributed by atoms with van der Waals surface area (Å²) in [6.07, 6.45) is 3.29. The number of hydrogen-bond acceptors (Lipinski definition) is 3. The fourth-order valence-corrected chi connectivity index (χ4v) is 2.40. The molecule has 0 aromatic heterocycles. The van der Waals surface area contributed by atoms with Crippen molar-refractivity contribution in [2.75, 3.05) is 33.4 Å². The SMILES string of the molecule is CCOCCCNC(=NC)NC(C)c1ccc(OCC2CC2)c(F)c1. The van der Waals surface area contributed by atoms with Crippen molar-refractivity contribution in [1.82, 2.24) is 10.6 Å². The van der Waals surface area contributed by atoms with Crippen LogP contribution in [0.4, 0.5) is 4.39 Å². The van der Waals surface area contributed by atoms with Gasteiger partial charge in [0.1, 0.15) is 0 Å². The highest BCUT2D eigenvalue weighted by Crippen LogP contribution is 2.30. The number of hydrogen-bond donors (Lipinski definition) is 2. The molecule has 0 saturated heterocycles. The van der Waals surface area contributed by atoms with Gasteiger partial charge in [-0.3, -0.25) is 4.99 Å². The van der Waals surface area contributed by atoms with Crippen LogP contribution in [0.25, 0.3) is 0 Å². The summed E-state index contributed by atoms with van der Waals surface area (Å²) in [4.78, 5) is 4.20. The number of ether oxygens (including phenoxy) is 2. The monoisotopic (exact) mass is 351 g/mol. The Hall–Kier alpha value is -1.82. The zero-order valence-corrected chi connectivity index (χ0v) is 15.5. The van der Waals surface area contributed by atoms with E-state index in [2.05, 4.69) is 15.6 Å². The van der Waals surface area contributed by atoms with Crippen LogP contribution >= 0.6 is 0 Å². The summed E-state index contributed by atoms with van der Waals surface area (Å²) in [6.45, 7) is 6.81. The Labute approximate surface area is 150 Å². The van der Waals surface area contributed by atoms with Gasteiger partial charge in [-0.15, -0.1) is 0 Å². The van der Waals surface area contributed by atoms with E-state index >= 15 is 0 Å². The first-order valence-corrected chi connectivity index (χ1v) is 9.11. The van der Waals surface area contributed by atoms with Gasteiger partial charge in [-0.05, 0) is 56.7 Å². The molecule has 25 heavy (non-hydrogen) atoms. The van der Waals surface area contributed by atoms with Crippen LogP contribution in [-0.2, 0) is 4.74 Å². The number of halogens is 1. The first kappa shape index (κ1) is 19.5. The molecule has 6 heteroatoms. The molecular formula is C19H30FN3O2. The molecule has 0 radical (unpaired) electrons. The second kappa shape index (κ2) is 10.2. The lowest BCUT2D eigenvalue weighted by atomic mass is 10.1. The highest BCUT2D eigenvalue weighted by molar-refractivity contribution is 5.80. The van der Waals surface area contributed by atoms with Gasteiger partial charge in [0.15, 0.2) is 17.5 Å². The summed E-state index contributed by atoms with van der Waals surface area (Å²) in [5.41, 5.74) is 0.855. The molecule has 1 fully saturated rings. The summed E-state index contributed by atoms with van der Waals surface area (Å²) < 4.78 is 25.1. The smallest absolute Gasteiger partial charge is 0.191 e. The molecule has 0 aliphatic heterocycles. The van der Waals surface area contributed by atoms with Crippen LogP contribution < -0.4 is 15.4 Å². The minimum absolute atomic E-state index is 0.0647. The lowest BCUT2D eigenvalue weighted by molar-refractivity contribution is 0.145. The topological polar surface area (TPSA) is 54.9 Å². The molecule has 0 amide bonds. The summed E-state index contributed by atoms with van der Waals surface area (Å²) in [6, 6.07) is 5.07. The van der Waals surface area contributed by atoms with E-state index in [4.69, 9.17) is 9.47 Å². The predicted molar refractivity (Wildman–Crippen MR) is 98.6 cm³/mol. The number of guanidine groups is 1. The molecule has 2 N–H and O–H groups in total. The number of nitrogens with zero attached hydrogens (tertiary/aromatic N) is 1. The normalized spacial score (nSPS) is 15.8. The Morgan fingerprint density at radius 1 is 1.40 bits per heavy atom. The van der Waals surface area contributed by atoms with Crippen LogP contribution in [-0.4, -0.2) is 39.4 Å². The second-order valence-electron chi connectivity index (χ2n) is 6.36. The summed E-state index contributed by atoms with van der Waals surface area (Å²) >= 11 is 0. The van der Waals surface area contributed by atoms with Crippen molar-refractivity contribution in [2.45, 2.75) is 39.2 Å². The Bertz CT molecular complexity index is 562. The summed E-state index contributed by atoms with van der Waals surface area (Å²) in [5.74, 6) is 1.32. The molecule has 5 nitrogen and oxygen atoms in total. The minimum Gasteiger partial charge on any atom is -0.490 e. The summed E-state index contributed by atoms with van der Waals surface area (Å²) in [7, 11) is 1.72. The predicted octanol–water partition coefficient (Wildman–Crippen LogP) is 3.27. The molecule has 1 atom stereocenters. The van der Waals surface area contributed by atoms with Crippen molar-refractivity contribution >= 4 is 5.96 Å². The average molecular weight is 351 g/mol. The zero-order chi connectivity index (χ0) is 18.1. The van der Waals surface area contributed by atoms with Crippen LogP contribution in [0, 0.1) is 11.7 Å². The standard InChI is InChI=1S/C19H30FN3O2/c1-4-24-11-5-10-22-19(21-3)23-14(2)16-8-9-18(17(20)12-16)25-13-15-6-7-15/h8-9,12,14-15H,4-7,10-11,13H2,1-3H3,(H2,21,22,23). The number of rotatable bonds is 10. The van der Waals surface area contributed by atoms with Gasteiger partial charge < -0.3 is 20.1 Å². The van der Waals surface area contributed by atoms with Crippen LogP contribution in [0.3, 0.4) is 0 Å². The van der Waals surface area contributed by atoms with Crippen molar-refractivity contribution in [3.05, 3.63) is 29.6 Å². The highest BCUT2D eigenvalue weighted by Gasteiger charge is 2.22. The van der Waals surface area contributed by atoms with E-state index in [1.807, 2.05) is 19.9 Å². The van der Waals surface area contributed by atoms with E-state index in [1.165, 1.54) is 18.9 Å². The third-order valence-electron chi connectivity index (χ3n) is 4.17. The Kier molecular flexibility index (Phi) is 7.98. The van der Waals surface area contributed by atoms with E-state index in [-0.39, 0.29) is 11.9 Å². The van der Waals surface area contributed by atoms with Gasteiger partial charge in [0, 0.05) is 26.8 Å². The van der Waals surface area contributed by atoms with Crippen molar-refractivity contribution in [2.24, 2.45) is 10.9 Å². The van der Waals surface area contributed by atoms with E-state index in [0.717, 1.165) is 31.7 Å². The van der Waals surface area contributed by atoms with Gasteiger partial charge in [-0.1, -0.05) is 6.07 Å². The van der Waals surface area contributed by atoms with Crippen LogP contribution in [0.5, 0.6) is 5.75 Å². The first-order chi connectivity index (χ1) is 12.1. The first-order valence-electron chi connectivity index (χ1n) is 9.11. The Morgan fingerprint density at radius 3 is 2.84 bits per heavy atom.